The van der Waals surface area contributed by atoms with Crippen LogP contribution in [0.5, 0.6) is 0 Å². The Kier molecular flexibility index (Phi) is 3.59. The molecule has 1 amide bonds. The summed E-state index contributed by atoms with van der Waals surface area (Å²) in [6, 6.07) is 3.53. The minimum Gasteiger partial charge on any atom is -0.357 e. The number of nitrogens with zero attached hydrogens (tertiary/aromatic N) is 2. The van der Waals surface area contributed by atoms with E-state index in [-0.39, 0.29) is 5.91 Å². The Hall–Kier alpha value is -1.69. The molecule has 3 rings (SSSR count). The van der Waals surface area contributed by atoms with E-state index in [1.165, 1.54) is 43.4 Å². The van der Waals surface area contributed by atoms with E-state index < -0.39 is 0 Å². The Balaban J connectivity index is 1.66. The van der Waals surface area contributed by atoms with Crippen molar-refractivity contribution in [2.75, 3.05) is 5.32 Å². The minimum atomic E-state index is -0.170. The lowest BCUT2D eigenvalue weighted by Gasteiger charge is -2.18. The predicted octanol–water partition coefficient (Wildman–Crippen LogP) is 3.17. The maximum Gasteiger partial charge on any atom is 0.273 e. The molecular weight excluding hydrogens is 260 g/mol. The highest BCUT2D eigenvalue weighted by Gasteiger charge is 2.20. The number of H-pyrrole nitrogens is 1. The zero-order valence-corrected chi connectivity index (χ0v) is 11.4. The number of carbonyl (C=O) groups excluding carboxylic acids is 1. The summed E-state index contributed by atoms with van der Waals surface area (Å²) in [4.78, 5) is 14.7. The van der Waals surface area contributed by atoms with E-state index in [0.29, 0.717) is 16.7 Å². The normalized spacial score (nSPS) is 16.4. The van der Waals surface area contributed by atoms with Gasteiger partial charge in [0.05, 0.1) is 0 Å². The van der Waals surface area contributed by atoms with Crippen molar-refractivity contribution < 1.29 is 4.79 Å². The van der Waals surface area contributed by atoms with Gasteiger partial charge in [-0.2, -0.15) is 0 Å². The third-order valence-electron chi connectivity index (χ3n) is 3.46. The molecule has 2 N–H and O–H groups in total. The average Bonchev–Trinajstić information content (AvgIpc) is 3.11. The highest BCUT2D eigenvalue weighted by atomic mass is 32.1. The Labute approximate surface area is 115 Å². The molecule has 0 aromatic carbocycles. The van der Waals surface area contributed by atoms with E-state index in [1.54, 1.807) is 18.3 Å². The van der Waals surface area contributed by atoms with Gasteiger partial charge in [-0.1, -0.05) is 30.6 Å². The van der Waals surface area contributed by atoms with Crippen molar-refractivity contribution in [3.8, 4) is 0 Å². The van der Waals surface area contributed by atoms with Crippen LogP contribution in [-0.2, 0) is 0 Å². The number of nitrogens with one attached hydrogen (secondary N) is 2. The number of aromatic amines is 1. The van der Waals surface area contributed by atoms with Crippen LogP contribution in [0.1, 0.15) is 53.5 Å². The number of rotatable bonds is 3. The molecule has 0 saturated heterocycles. The Bertz CT molecular complexity index is 543. The SMILES string of the molecule is O=C(Nc1nnc(C2CCCCC2)s1)c1ccc[nH]1. The van der Waals surface area contributed by atoms with Crippen LogP contribution < -0.4 is 5.32 Å². The summed E-state index contributed by atoms with van der Waals surface area (Å²) in [6.07, 6.45) is 7.98. The van der Waals surface area contributed by atoms with Gasteiger partial charge in [0.25, 0.3) is 5.91 Å². The fourth-order valence-electron chi connectivity index (χ4n) is 2.44. The lowest BCUT2D eigenvalue weighted by molar-refractivity contribution is 0.102. The minimum absolute atomic E-state index is 0.170. The third kappa shape index (κ3) is 2.84. The molecule has 0 radical (unpaired) electrons. The molecule has 0 atom stereocenters. The Morgan fingerprint density at radius 1 is 1.32 bits per heavy atom. The Morgan fingerprint density at radius 2 is 2.16 bits per heavy atom. The number of amides is 1. The van der Waals surface area contributed by atoms with Crippen molar-refractivity contribution in [3.63, 3.8) is 0 Å². The third-order valence-corrected chi connectivity index (χ3v) is 4.46. The molecule has 0 spiro atoms. The maximum atomic E-state index is 11.9. The number of anilines is 1. The smallest absolute Gasteiger partial charge is 0.273 e. The van der Waals surface area contributed by atoms with Gasteiger partial charge in [-0.05, 0) is 25.0 Å². The van der Waals surface area contributed by atoms with E-state index in [1.807, 2.05) is 0 Å². The first-order valence-corrected chi connectivity index (χ1v) is 7.43. The second-order valence-corrected chi connectivity index (χ2v) is 5.83. The molecule has 5 nitrogen and oxygen atoms in total. The van der Waals surface area contributed by atoms with Crippen LogP contribution in [0.25, 0.3) is 0 Å². The van der Waals surface area contributed by atoms with Crippen molar-refractivity contribution in [1.82, 2.24) is 15.2 Å². The quantitative estimate of drug-likeness (QED) is 0.904. The van der Waals surface area contributed by atoms with Crippen molar-refractivity contribution in [1.29, 1.82) is 0 Å². The average molecular weight is 276 g/mol. The van der Waals surface area contributed by atoms with Crippen LogP contribution in [0.3, 0.4) is 0 Å². The van der Waals surface area contributed by atoms with Gasteiger partial charge in [-0.25, -0.2) is 0 Å². The maximum absolute atomic E-state index is 11.9. The van der Waals surface area contributed by atoms with E-state index in [9.17, 15) is 4.79 Å². The standard InChI is InChI=1S/C13H16N4OS/c18-11(10-7-4-8-14-10)15-13-17-16-12(19-13)9-5-2-1-3-6-9/h4,7-9,14H,1-3,5-6H2,(H,15,17,18). The molecule has 2 heterocycles. The number of hydrogen-bond acceptors (Lipinski definition) is 4. The van der Waals surface area contributed by atoms with E-state index in [2.05, 4.69) is 20.5 Å². The summed E-state index contributed by atoms with van der Waals surface area (Å²) in [5.74, 6) is 0.360. The van der Waals surface area contributed by atoms with E-state index in [0.717, 1.165) is 5.01 Å². The predicted molar refractivity (Wildman–Crippen MR) is 74.5 cm³/mol. The summed E-state index contributed by atoms with van der Waals surface area (Å²) in [5.41, 5.74) is 0.536. The zero-order chi connectivity index (χ0) is 13.1. The second-order valence-electron chi connectivity index (χ2n) is 4.82. The van der Waals surface area contributed by atoms with Gasteiger partial charge in [0, 0.05) is 12.1 Å². The lowest BCUT2D eigenvalue weighted by atomic mass is 9.90. The summed E-state index contributed by atoms with van der Waals surface area (Å²) in [5, 5.41) is 12.7. The first-order valence-electron chi connectivity index (χ1n) is 6.61. The molecule has 100 valence electrons. The first kappa shape index (κ1) is 12.3. The molecule has 0 aliphatic heterocycles. The van der Waals surface area contributed by atoms with Gasteiger partial charge >= 0.3 is 0 Å². The number of hydrogen-bond donors (Lipinski definition) is 2. The van der Waals surface area contributed by atoms with Crippen LogP contribution in [0.2, 0.25) is 0 Å². The van der Waals surface area contributed by atoms with E-state index >= 15 is 0 Å². The van der Waals surface area contributed by atoms with Gasteiger partial charge < -0.3 is 4.98 Å². The monoisotopic (exact) mass is 276 g/mol. The summed E-state index contributed by atoms with van der Waals surface area (Å²) in [6.45, 7) is 0. The van der Waals surface area contributed by atoms with E-state index in [4.69, 9.17) is 0 Å². The van der Waals surface area contributed by atoms with Crippen LogP contribution in [-0.4, -0.2) is 21.1 Å². The van der Waals surface area contributed by atoms with Crippen LogP contribution >= 0.6 is 11.3 Å². The molecule has 0 bridgehead atoms. The van der Waals surface area contributed by atoms with Crippen LogP contribution in [0, 0.1) is 0 Å². The number of carbonyl (C=O) groups is 1. The molecule has 2 aromatic rings. The van der Waals surface area contributed by atoms with Crippen molar-refractivity contribution in [2.45, 2.75) is 38.0 Å². The van der Waals surface area contributed by atoms with Gasteiger partial charge in [0.1, 0.15) is 10.7 Å². The summed E-state index contributed by atoms with van der Waals surface area (Å²) < 4.78 is 0. The zero-order valence-electron chi connectivity index (χ0n) is 10.6. The second kappa shape index (κ2) is 5.52. The highest BCUT2D eigenvalue weighted by molar-refractivity contribution is 7.15. The molecule has 6 heteroatoms. The first-order chi connectivity index (χ1) is 9.33. The fourth-order valence-corrected chi connectivity index (χ4v) is 3.34. The Morgan fingerprint density at radius 3 is 2.89 bits per heavy atom. The molecule has 1 aliphatic rings. The molecule has 1 aliphatic carbocycles. The van der Waals surface area contributed by atoms with Gasteiger partial charge in [0.2, 0.25) is 5.13 Å². The van der Waals surface area contributed by atoms with Crippen molar-refractivity contribution in [3.05, 3.63) is 29.0 Å². The van der Waals surface area contributed by atoms with Gasteiger partial charge in [-0.3, -0.25) is 10.1 Å². The molecule has 19 heavy (non-hydrogen) atoms. The molecular formula is C13H16N4OS. The summed E-state index contributed by atoms with van der Waals surface area (Å²) in [7, 11) is 0. The molecule has 1 saturated carbocycles. The number of aromatic nitrogens is 3. The highest BCUT2D eigenvalue weighted by Crippen LogP contribution is 2.35. The lowest BCUT2D eigenvalue weighted by Crippen LogP contribution is -2.11. The molecule has 1 fully saturated rings. The molecule has 0 unspecified atom stereocenters. The van der Waals surface area contributed by atoms with Crippen LogP contribution in [0.4, 0.5) is 5.13 Å². The molecule has 2 aromatic heterocycles. The van der Waals surface area contributed by atoms with Crippen molar-refractivity contribution in [2.24, 2.45) is 0 Å². The van der Waals surface area contributed by atoms with Gasteiger partial charge in [-0.15, -0.1) is 10.2 Å². The summed E-state index contributed by atoms with van der Waals surface area (Å²) >= 11 is 1.50. The fraction of sp³-hybridized carbons (Fsp3) is 0.462. The largest absolute Gasteiger partial charge is 0.357 e. The van der Waals surface area contributed by atoms with Crippen molar-refractivity contribution >= 4 is 22.4 Å². The topological polar surface area (TPSA) is 70.7 Å². The van der Waals surface area contributed by atoms with Crippen LogP contribution in [0.15, 0.2) is 18.3 Å². The van der Waals surface area contributed by atoms with Gasteiger partial charge in [0.15, 0.2) is 0 Å².